The Labute approximate surface area is 114 Å². The molecule has 0 heterocycles. The highest BCUT2D eigenvalue weighted by molar-refractivity contribution is 5.77. The van der Waals surface area contributed by atoms with E-state index in [9.17, 15) is 4.79 Å². The number of amides is 1. The van der Waals surface area contributed by atoms with Crippen molar-refractivity contribution in [2.24, 2.45) is 11.7 Å². The van der Waals surface area contributed by atoms with Gasteiger partial charge in [0, 0.05) is 12.5 Å². The lowest BCUT2D eigenvalue weighted by Gasteiger charge is -2.16. The number of nitrogens with one attached hydrogen (secondary N) is 1. The summed E-state index contributed by atoms with van der Waals surface area (Å²) in [5.41, 5.74) is 7.02. The van der Waals surface area contributed by atoms with Crippen molar-refractivity contribution in [3.8, 4) is 5.75 Å². The van der Waals surface area contributed by atoms with Crippen LogP contribution in [0.4, 0.5) is 0 Å². The molecular weight excluding hydrogens is 240 g/mol. The van der Waals surface area contributed by atoms with Crippen molar-refractivity contribution in [1.29, 1.82) is 0 Å². The quantitative estimate of drug-likeness (QED) is 0.824. The fourth-order valence-electron chi connectivity index (χ4n) is 2.18. The Balaban J connectivity index is 1.84. The van der Waals surface area contributed by atoms with Gasteiger partial charge in [-0.15, -0.1) is 0 Å². The maximum atomic E-state index is 11.9. The van der Waals surface area contributed by atoms with Gasteiger partial charge in [-0.2, -0.15) is 0 Å². The molecule has 1 aromatic carbocycles. The summed E-state index contributed by atoms with van der Waals surface area (Å²) in [6.07, 6.45) is 2.76. The van der Waals surface area contributed by atoms with Crippen LogP contribution in [-0.4, -0.2) is 19.1 Å². The third-order valence-corrected chi connectivity index (χ3v) is 3.64. The van der Waals surface area contributed by atoms with Crippen LogP contribution < -0.4 is 15.8 Å². The summed E-state index contributed by atoms with van der Waals surface area (Å²) in [6.45, 7) is 1.97. The van der Waals surface area contributed by atoms with Crippen LogP contribution in [0.2, 0.25) is 0 Å². The van der Waals surface area contributed by atoms with Gasteiger partial charge >= 0.3 is 0 Å². The van der Waals surface area contributed by atoms with E-state index >= 15 is 0 Å². The van der Waals surface area contributed by atoms with Crippen LogP contribution in [0.5, 0.6) is 5.75 Å². The Morgan fingerprint density at radius 2 is 2.05 bits per heavy atom. The summed E-state index contributed by atoms with van der Waals surface area (Å²) >= 11 is 0. The molecule has 3 N–H and O–H groups in total. The second-order valence-electron chi connectivity index (χ2n) is 5.27. The largest absolute Gasteiger partial charge is 0.497 e. The summed E-state index contributed by atoms with van der Waals surface area (Å²) < 4.78 is 5.11. The van der Waals surface area contributed by atoms with Gasteiger partial charge in [-0.3, -0.25) is 4.79 Å². The molecule has 2 atom stereocenters. The lowest BCUT2D eigenvalue weighted by atomic mass is 10.1. The van der Waals surface area contributed by atoms with Crippen molar-refractivity contribution in [3.05, 3.63) is 29.8 Å². The number of carbonyl (C=O) groups is 1. The molecule has 0 bridgehead atoms. The first-order valence-electron chi connectivity index (χ1n) is 6.79. The molecule has 1 amide bonds. The number of ether oxygens (including phenoxy) is 1. The predicted octanol–water partition coefficient (Wildman–Crippen LogP) is 2.00. The van der Waals surface area contributed by atoms with Gasteiger partial charge in [0.05, 0.1) is 13.2 Å². The van der Waals surface area contributed by atoms with Gasteiger partial charge in [0.1, 0.15) is 5.75 Å². The van der Waals surface area contributed by atoms with Gasteiger partial charge in [0.2, 0.25) is 5.91 Å². The number of benzene rings is 1. The van der Waals surface area contributed by atoms with Crippen LogP contribution in [0.25, 0.3) is 0 Å². The molecule has 0 spiro atoms. The van der Waals surface area contributed by atoms with E-state index in [0.29, 0.717) is 12.3 Å². The second kappa shape index (κ2) is 6.06. The van der Waals surface area contributed by atoms with Crippen molar-refractivity contribution < 1.29 is 9.53 Å². The highest BCUT2D eigenvalue weighted by atomic mass is 16.5. The maximum absolute atomic E-state index is 11.9. The summed E-state index contributed by atoms with van der Waals surface area (Å²) in [4.78, 5) is 11.9. The lowest BCUT2D eigenvalue weighted by Crippen LogP contribution is -2.34. The van der Waals surface area contributed by atoms with Gasteiger partial charge < -0.3 is 15.8 Å². The Kier molecular flexibility index (Phi) is 4.43. The zero-order valence-electron chi connectivity index (χ0n) is 11.6. The van der Waals surface area contributed by atoms with E-state index in [-0.39, 0.29) is 18.0 Å². The molecule has 0 saturated heterocycles. The molecule has 1 aliphatic rings. The minimum Gasteiger partial charge on any atom is -0.497 e. The SMILES string of the molecule is COc1ccc([C@H](C)NC(=O)CC(N)C2CC2)cc1. The number of nitrogens with two attached hydrogens (primary N) is 1. The molecule has 4 nitrogen and oxygen atoms in total. The van der Waals surface area contributed by atoms with Crippen molar-refractivity contribution >= 4 is 5.91 Å². The monoisotopic (exact) mass is 262 g/mol. The molecule has 0 radical (unpaired) electrons. The van der Waals surface area contributed by atoms with E-state index in [4.69, 9.17) is 10.5 Å². The Morgan fingerprint density at radius 3 is 2.58 bits per heavy atom. The number of hydrogen-bond donors (Lipinski definition) is 2. The molecule has 104 valence electrons. The molecule has 1 saturated carbocycles. The predicted molar refractivity (Wildman–Crippen MR) is 74.9 cm³/mol. The van der Waals surface area contributed by atoms with Crippen LogP contribution in [0.1, 0.15) is 37.8 Å². The van der Waals surface area contributed by atoms with Gasteiger partial charge in [-0.1, -0.05) is 12.1 Å². The minimum absolute atomic E-state index is 0.00944. The fraction of sp³-hybridized carbons (Fsp3) is 0.533. The van der Waals surface area contributed by atoms with Crippen molar-refractivity contribution in [2.45, 2.75) is 38.3 Å². The van der Waals surface area contributed by atoms with Gasteiger partial charge in [-0.05, 0) is 43.4 Å². The molecule has 2 rings (SSSR count). The van der Waals surface area contributed by atoms with E-state index < -0.39 is 0 Å². The van der Waals surface area contributed by atoms with Crippen LogP contribution in [0, 0.1) is 5.92 Å². The maximum Gasteiger partial charge on any atom is 0.222 e. The highest BCUT2D eigenvalue weighted by Gasteiger charge is 2.29. The third-order valence-electron chi connectivity index (χ3n) is 3.64. The van der Waals surface area contributed by atoms with Crippen LogP contribution in [0.15, 0.2) is 24.3 Å². The fourth-order valence-corrected chi connectivity index (χ4v) is 2.18. The third kappa shape index (κ3) is 3.96. The topological polar surface area (TPSA) is 64.3 Å². The molecule has 19 heavy (non-hydrogen) atoms. The van der Waals surface area contributed by atoms with Crippen molar-refractivity contribution in [2.75, 3.05) is 7.11 Å². The number of hydrogen-bond acceptors (Lipinski definition) is 3. The molecule has 1 unspecified atom stereocenters. The zero-order valence-corrected chi connectivity index (χ0v) is 11.6. The molecule has 0 aromatic heterocycles. The number of rotatable bonds is 6. The van der Waals surface area contributed by atoms with Gasteiger partial charge in [0.15, 0.2) is 0 Å². The Hall–Kier alpha value is -1.55. The summed E-state index contributed by atoms with van der Waals surface area (Å²) in [5, 5.41) is 2.99. The van der Waals surface area contributed by atoms with E-state index in [1.807, 2.05) is 31.2 Å². The van der Waals surface area contributed by atoms with E-state index in [2.05, 4.69) is 5.32 Å². The van der Waals surface area contributed by atoms with Crippen molar-refractivity contribution in [1.82, 2.24) is 5.32 Å². The van der Waals surface area contributed by atoms with Gasteiger partial charge in [0.25, 0.3) is 0 Å². The smallest absolute Gasteiger partial charge is 0.222 e. The van der Waals surface area contributed by atoms with Crippen molar-refractivity contribution in [3.63, 3.8) is 0 Å². The highest BCUT2D eigenvalue weighted by Crippen LogP contribution is 2.32. The van der Waals surface area contributed by atoms with Crippen LogP contribution >= 0.6 is 0 Å². The van der Waals surface area contributed by atoms with Crippen LogP contribution in [-0.2, 0) is 4.79 Å². The summed E-state index contributed by atoms with van der Waals surface area (Å²) in [6, 6.07) is 7.73. The lowest BCUT2D eigenvalue weighted by molar-refractivity contribution is -0.122. The average molecular weight is 262 g/mol. The Morgan fingerprint density at radius 1 is 1.42 bits per heavy atom. The molecule has 0 aliphatic heterocycles. The molecule has 4 heteroatoms. The van der Waals surface area contributed by atoms with Crippen LogP contribution in [0.3, 0.4) is 0 Å². The first-order chi connectivity index (χ1) is 9.10. The number of carbonyl (C=O) groups excluding carboxylic acids is 1. The molecule has 1 aromatic rings. The normalized spacial score (nSPS) is 17.6. The second-order valence-corrected chi connectivity index (χ2v) is 5.27. The van der Waals surface area contributed by atoms with E-state index in [0.717, 1.165) is 11.3 Å². The molecular formula is C15H22N2O2. The average Bonchev–Trinajstić information content (AvgIpc) is 3.22. The van der Waals surface area contributed by atoms with Gasteiger partial charge in [-0.25, -0.2) is 0 Å². The zero-order chi connectivity index (χ0) is 13.8. The first kappa shape index (κ1) is 13.9. The van der Waals surface area contributed by atoms with E-state index in [1.165, 1.54) is 12.8 Å². The minimum atomic E-state index is -0.00944. The Bertz CT molecular complexity index is 426. The molecule has 1 aliphatic carbocycles. The number of methoxy groups -OCH3 is 1. The summed E-state index contributed by atoms with van der Waals surface area (Å²) in [7, 11) is 1.64. The summed E-state index contributed by atoms with van der Waals surface area (Å²) in [5.74, 6) is 1.41. The van der Waals surface area contributed by atoms with E-state index in [1.54, 1.807) is 7.11 Å². The standard InChI is InChI=1S/C15H22N2O2/c1-10(11-5-7-13(19-2)8-6-11)17-15(18)9-14(16)12-3-4-12/h5-8,10,12,14H,3-4,9,16H2,1-2H3,(H,17,18)/t10-,14?/m0/s1. The first-order valence-corrected chi connectivity index (χ1v) is 6.79. The molecule has 1 fully saturated rings.